The lowest BCUT2D eigenvalue weighted by atomic mass is 10.1. The van der Waals surface area contributed by atoms with Crippen molar-refractivity contribution in [1.29, 1.82) is 0 Å². The van der Waals surface area contributed by atoms with Crippen molar-refractivity contribution in [3.63, 3.8) is 0 Å². The lowest BCUT2D eigenvalue weighted by Crippen LogP contribution is -2.38. The summed E-state index contributed by atoms with van der Waals surface area (Å²) in [4.78, 5) is 38.5. The number of nitrogens with one attached hydrogen (secondary N) is 2. The second-order valence-corrected chi connectivity index (χ2v) is 7.59. The average molecular weight is 424 g/mol. The number of rotatable bonds is 10. The Morgan fingerprint density at radius 3 is 2.39 bits per heavy atom. The maximum Gasteiger partial charge on any atom is 0.225 e. The summed E-state index contributed by atoms with van der Waals surface area (Å²) in [5.74, 6) is 0.0583. The minimum absolute atomic E-state index is 0.0109. The molecule has 2 atom stereocenters. The predicted octanol–water partition coefficient (Wildman–Crippen LogP) is 2.30. The maximum absolute atomic E-state index is 12.4. The molecule has 1 saturated heterocycles. The Kier molecular flexibility index (Phi) is 8.04. The Morgan fingerprint density at radius 2 is 1.68 bits per heavy atom. The number of hydrogen-bond acceptors (Lipinski definition) is 4. The van der Waals surface area contributed by atoms with Gasteiger partial charge in [-0.2, -0.15) is 0 Å². The third-order valence-corrected chi connectivity index (χ3v) is 5.37. The van der Waals surface area contributed by atoms with Crippen molar-refractivity contribution in [2.75, 3.05) is 26.2 Å². The maximum atomic E-state index is 12.4. The van der Waals surface area contributed by atoms with Crippen LogP contribution in [-0.4, -0.2) is 48.9 Å². The van der Waals surface area contributed by atoms with Crippen LogP contribution in [0.2, 0.25) is 0 Å². The van der Waals surface area contributed by atoms with Crippen molar-refractivity contribution in [3.8, 4) is 5.75 Å². The van der Waals surface area contributed by atoms with Crippen LogP contribution in [0.15, 0.2) is 60.7 Å². The summed E-state index contributed by atoms with van der Waals surface area (Å²) in [5, 5.41) is 5.58. The fourth-order valence-electron chi connectivity index (χ4n) is 3.59. The first-order valence-electron chi connectivity index (χ1n) is 10.6. The Hall–Kier alpha value is -3.35. The lowest BCUT2D eigenvalue weighted by molar-refractivity contribution is -0.130. The number of nitrogens with zero attached hydrogens (tertiary/aromatic N) is 1. The van der Waals surface area contributed by atoms with E-state index in [1.807, 2.05) is 67.6 Å². The van der Waals surface area contributed by atoms with Crippen LogP contribution < -0.4 is 15.4 Å². The molecule has 31 heavy (non-hydrogen) atoms. The van der Waals surface area contributed by atoms with Crippen LogP contribution in [0.4, 0.5) is 0 Å². The van der Waals surface area contributed by atoms with E-state index in [1.54, 1.807) is 4.90 Å². The van der Waals surface area contributed by atoms with Crippen LogP contribution in [0.5, 0.6) is 5.75 Å². The molecule has 0 spiro atoms. The standard InChI is InChI=1S/C24H29N3O4/c1-18(19-8-4-2-5-9-19)27-17-20(16-23(27)29)24(30)26-14-13-25-22(28)12-15-31-21-10-6-3-7-11-21/h2-11,18,20H,12-17H2,1H3,(H,25,28)(H,26,30). The number of likely N-dealkylation sites (tertiary alicyclic amines) is 1. The van der Waals surface area contributed by atoms with E-state index in [0.29, 0.717) is 26.2 Å². The van der Waals surface area contributed by atoms with Gasteiger partial charge in [0.15, 0.2) is 0 Å². The van der Waals surface area contributed by atoms with Gasteiger partial charge in [-0.15, -0.1) is 0 Å². The fourth-order valence-corrected chi connectivity index (χ4v) is 3.59. The minimum Gasteiger partial charge on any atom is -0.493 e. The zero-order valence-electron chi connectivity index (χ0n) is 17.8. The molecule has 0 radical (unpaired) electrons. The first kappa shape index (κ1) is 22.3. The molecule has 7 heteroatoms. The van der Waals surface area contributed by atoms with Crippen molar-refractivity contribution < 1.29 is 19.1 Å². The van der Waals surface area contributed by atoms with Crippen molar-refractivity contribution in [2.45, 2.75) is 25.8 Å². The van der Waals surface area contributed by atoms with Gasteiger partial charge in [0.05, 0.1) is 25.0 Å². The molecule has 2 aromatic rings. The highest BCUT2D eigenvalue weighted by atomic mass is 16.5. The van der Waals surface area contributed by atoms with Gasteiger partial charge in [-0.3, -0.25) is 14.4 Å². The summed E-state index contributed by atoms with van der Waals surface area (Å²) in [6, 6.07) is 19.0. The summed E-state index contributed by atoms with van der Waals surface area (Å²) >= 11 is 0. The molecule has 2 unspecified atom stereocenters. The predicted molar refractivity (Wildman–Crippen MR) is 117 cm³/mol. The Balaban J connectivity index is 1.32. The first-order chi connectivity index (χ1) is 15.0. The van der Waals surface area contributed by atoms with Crippen molar-refractivity contribution >= 4 is 17.7 Å². The SMILES string of the molecule is CC(c1ccccc1)N1CC(C(=O)NCCNC(=O)CCOc2ccccc2)CC1=O. The third kappa shape index (κ3) is 6.57. The first-order valence-corrected chi connectivity index (χ1v) is 10.6. The zero-order chi connectivity index (χ0) is 22.1. The normalized spacial score (nSPS) is 16.6. The van der Waals surface area contributed by atoms with Crippen LogP contribution in [0, 0.1) is 5.92 Å². The number of hydrogen-bond donors (Lipinski definition) is 2. The summed E-state index contributed by atoms with van der Waals surface area (Å²) < 4.78 is 5.49. The van der Waals surface area contributed by atoms with Gasteiger partial charge in [0.25, 0.3) is 0 Å². The van der Waals surface area contributed by atoms with Gasteiger partial charge in [0.2, 0.25) is 17.7 Å². The smallest absolute Gasteiger partial charge is 0.225 e. The number of para-hydroxylation sites is 1. The summed E-state index contributed by atoms with van der Waals surface area (Å²) in [7, 11) is 0. The van der Waals surface area contributed by atoms with Crippen molar-refractivity contribution in [2.24, 2.45) is 5.92 Å². The Bertz CT molecular complexity index is 873. The molecule has 0 aliphatic carbocycles. The van der Waals surface area contributed by atoms with E-state index >= 15 is 0 Å². The van der Waals surface area contributed by atoms with Crippen LogP contribution in [0.25, 0.3) is 0 Å². The van der Waals surface area contributed by atoms with Gasteiger partial charge in [0, 0.05) is 26.1 Å². The summed E-state index contributed by atoms with van der Waals surface area (Å²) in [6.07, 6.45) is 0.457. The Labute approximate surface area is 182 Å². The van der Waals surface area contributed by atoms with E-state index in [0.717, 1.165) is 11.3 Å². The molecule has 0 aromatic heterocycles. The van der Waals surface area contributed by atoms with Crippen LogP contribution >= 0.6 is 0 Å². The highest BCUT2D eigenvalue weighted by Crippen LogP contribution is 2.28. The van der Waals surface area contributed by atoms with Gasteiger partial charge < -0.3 is 20.3 Å². The van der Waals surface area contributed by atoms with Gasteiger partial charge in [-0.05, 0) is 24.6 Å². The molecule has 1 fully saturated rings. The van der Waals surface area contributed by atoms with Gasteiger partial charge in [0.1, 0.15) is 5.75 Å². The number of benzene rings is 2. The highest BCUT2D eigenvalue weighted by molar-refractivity contribution is 5.89. The number of carbonyl (C=O) groups excluding carboxylic acids is 3. The molecule has 3 rings (SSSR count). The second kappa shape index (κ2) is 11.2. The highest BCUT2D eigenvalue weighted by Gasteiger charge is 2.36. The van der Waals surface area contributed by atoms with Gasteiger partial charge in [-0.25, -0.2) is 0 Å². The van der Waals surface area contributed by atoms with Crippen LogP contribution in [0.1, 0.15) is 31.4 Å². The van der Waals surface area contributed by atoms with Crippen molar-refractivity contribution in [1.82, 2.24) is 15.5 Å². The number of carbonyl (C=O) groups is 3. The van der Waals surface area contributed by atoms with Crippen molar-refractivity contribution in [3.05, 3.63) is 66.2 Å². The molecule has 1 aliphatic rings. The molecular formula is C24H29N3O4. The largest absolute Gasteiger partial charge is 0.493 e. The fraction of sp³-hybridized carbons (Fsp3) is 0.375. The Morgan fingerprint density at radius 1 is 1.03 bits per heavy atom. The quantitative estimate of drug-likeness (QED) is 0.574. The lowest BCUT2D eigenvalue weighted by Gasteiger charge is -2.25. The number of amides is 3. The number of ether oxygens (including phenoxy) is 1. The van der Waals surface area contributed by atoms with Crippen LogP contribution in [-0.2, 0) is 14.4 Å². The second-order valence-electron chi connectivity index (χ2n) is 7.59. The molecule has 0 saturated carbocycles. The van der Waals surface area contributed by atoms with E-state index in [1.165, 1.54) is 0 Å². The van der Waals surface area contributed by atoms with E-state index in [2.05, 4.69) is 10.6 Å². The van der Waals surface area contributed by atoms with Gasteiger partial charge in [-0.1, -0.05) is 48.5 Å². The summed E-state index contributed by atoms with van der Waals surface area (Å²) in [6.45, 7) is 3.33. The molecule has 2 aromatic carbocycles. The minimum atomic E-state index is -0.367. The molecule has 7 nitrogen and oxygen atoms in total. The molecule has 164 valence electrons. The molecule has 0 bridgehead atoms. The van der Waals surface area contributed by atoms with Gasteiger partial charge >= 0.3 is 0 Å². The van der Waals surface area contributed by atoms with E-state index < -0.39 is 0 Å². The molecule has 1 aliphatic heterocycles. The topological polar surface area (TPSA) is 87.7 Å². The monoisotopic (exact) mass is 423 g/mol. The van der Waals surface area contributed by atoms with E-state index in [4.69, 9.17) is 4.74 Å². The van der Waals surface area contributed by atoms with E-state index in [9.17, 15) is 14.4 Å². The molecule has 3 amide bonds. The average Bonchev–Trinajstić information content (AvgIpc) is 3.19. The zero-order valence-corrected chi connectivity index (χ0v) is 17.8. The molecule has 1 heterocycles. The third-order valence-electron chi connectivity index (χ3n) is 5.37. The van der Waals surface area contributed by atoms with E-state index in [-0.39, 0.29) is 42.5 Å². The molecule has 2 N–H and O–H groups in total. The molecular weight excluding hydrogens is 394 g/mol. The summed E-state index contributed by atoms with van der Waals surface area (Å²) in [5.41, 5.74) is 1.05. The van der Waals surface area contributed by atoms with Crippen LogP contribution in [0.3, 0.4) is 0 Å².